The van der Waals surface area contributed by atoms with Crippen LogP contribution in [-0.4, -0.2) is 33.2 Å². The van der Waals surface area contributed by atoms with Gasteiger partial charge in [0.2, 0.25) is 0 Å². The van der Waals surface area contributed by atoms with E-state index < -0.39 is 17.9 Å². The van der Waals surface area contributed by atoms with E-state index in [1.165, 1.54) is 0 Å². The maximum atomic E-state index is 11.6. The molecule has 0 heterocycles. The van der Waals surface area contributed by atoms with Gasteiger partial charge in [-0.05, 0) is 30.0 Å². The van der Waals surface area contributed by atoms with E-state index in [1.807, 2.05) is 13.8 Å². The summed E-state index contributed by atoms with van der Waals surface area (Å²) in [4.78, 5) is 34.2. The van der Waals surface area contributed by atoms with Gasteiger partial charge in [0, 0.05) is 0 Å². The molecule has 0 atom stereocenters. The van der Waals surface area contributed by atoms with Gasteiger partial charge in [0.25, 0.3) is 0 Å². The van der Waals surface area contributed by atoms with Crippen molar-refractivity contribution in [2.45, 2.75) is 39.5 Å². The monoisotopic (exact) mass is 294 g/mol. The van der Waals surface area contributed by atoms with Gasteiger partial charge in [-0.15, -0.1) is 0 Å². The van der Waals surface area contributed by atoms with Crippen LogP contribution in [0.1, 0.15) is 68.9 Å². The molecule has 0 saturated heterocycles. The topological polar surface area (TPSA) is 112 Å². The molecule has 6 nitrogen and oxygen atoms in total. The fraction of sp³-hybridized carbons (Fsp3) is 0.400. The first kappa shape index (κ1) is 16.7. The third kappa shape index (κ3) is 3.39. The molecule has 0 aliphatic rings. The van der Waals surface area contributed by atoms with Crippen molar-refractivity contribution < 1.29 is 29.7 Å². The highest BCUT2D eigenvalue weighted by atomic mass is 16.4. The Morgan fingerprint density at radius 1 is 0.810 bits per heavy atom. The summed E-state index contributed by atoms with van der Waals surface area (Å²) < 4.78 is 0. The number of hydrogen-bond acceptors (Lipinski definition) is 3. The Morgan fingerprint density at radius 2 is 1.19 bits per heavy atom. The lowest BCUT2D eigenvalue weighted by atomic mass is 9.87. The molecule has 0 amide bonds. The number of benzene rings is 1. The summed E-state index contributed by atoms with van der Waals surface area (Å²) in [5, 5.41) is 27.9. The Hall–Kier alpha value is -2.37. The third-order valence-corrected chi connectivity index (χ3v) is 3.22. The van der Waals surface area contributed by atoms with Crippen molar-refractivity contribution in [3.63, 3.8) is 0 Å². The second-order valence-electron chi connectivity index (χ2n) is 4.72. The molecule has 0 aliphatic carbocycles. The van der Waals surface area contributed by atoms with E-state index in [9.17, 15) is 29.7 Å². The Kier molecular flexibility index (Phi) is 5.46. The molecule has 1 aromatic carbocycles. The molecule has 0 bridgehead atoms. The van der Waals surface area contributed by atoms with Crippen molar-refractivity contribution in [2.24, 2.45) is 0 Å². The normalized spacial score (nSPS) is 10.4. The Morgan fingerprint density at radius 3 is 1.43 bits per heavy atom. The molecule has 1 rings (SSSR count). The Labute approximate surface area is 122 Å². The number of aromatic carboxylic acids is 3. The zero-order chi connectivity index (χ0) is 16.2. The van der Waals surface area contributed by atoms with Gasteiger partial charge in [0.05, 0.1) is 16.7 Å². The van der Waals surface area contributed by atoms with Crippen LogP contribution in [0, 0.1) is 0 Å². The summed E-state index contributed by atoms with van der Waals surface area (Å²) in [5.74, 6) is -3.91. The molecular formula is C15H18O6. The number of carboxylic acids is 3. The molecule has 6 heteroatoms. The minimum absolute atomic E-state index is 0.170. The minimum Gasteiger partial charge on any atom is -0.478 e. The summed E-state index contributed by atoms with van der Waals surface area (Å²) in [6.07, 6.45) is 1.69. The van der Waals surface area contributed by atoms with Crippen molar-refractivity contribution in [2.75, 3.05) is 0 Å². The summed E-state index contributed by atoms with van der Waals surface area (Å²) in [6, 6.07) is 1.08. The predicted octanol–water partition coefficient (Wildman–Crippen LogP) is 2.69. The van der Waals surface area contributed by atoms with Crippen LogP contribution in [0.15, 0.2) is 6.07 Å². The first-order valence-corrected chi connectivity index (χ1v) is 6.73. The minimum atomic E-state index is -1.31. The zero-order valence-corrected chi connectivity index (χ0v) is 12.0. The van der Waals surface area contributed by atoms with E-state index in [-0.39, 0.29) is 40.7 Å². The van der Waals surface area contributed by atoms with Crippen molar-refractivity contribution in [3.8, 4) is 0 Å². The quantitative estimate of drug-likeness (QED) is 0.712. The van der Waals surface area contributed by atoms with Gasteiger partial charge in [-0.25, -0.2) is 14.4 Å². The van der Waals surface area contributed by atoms with Gasteiger partial charge >= 0.3 is 17.9 Å². The van der Waals surface area contributed by atoms with Crippen molar-refractivity contribution in [1.29, 1.82) is 0 Å². The molecule has 21 heavy (non-hydrogen) atoms. The molecule has 0 saturated carbocycles. The largest absolute Gasteiger partial charge is 0.478 e. The van der Waals surface area contributed by atoms with E-state index in [2.05, 4.69) is 0 Å². The van der Waals surface area contributed by atoms with E-state index >= 15 is 0 Å². The van der Waals surface area contributed by atoms with Gasteiger partial charge in [0.1, 0.15) is 0 Å². The van der Waals surface area contributed by atoms with E-state index in [4.69, 9.17) is 0 Å². The molecule has 0 aromatic heterocycles. The lowest BCUT2D eigenvalue weighted by molar-refractivity contribution is 0.0694. The summed E-state index contributed by atoms with van der Waals surface area (Å²) in [7, 11) is 0. The Balaban J connectivity index is 3.83. The third-order valence-electron chi connectivity index (χ3n) is 3.22. The first-order chi connectivity index (χ1) is 9.84. The molecule has 114 valence electrons. The second-order valence-corrected chi connectivity index (χ2v) is 4.72. The van der Waals surface area contributed by atoms with Crippen LogP contribution in [0.25, 0.3) is 0 Å². The Bertz CT molecular complexity index is 546. The molecule has 0 fully saturated rings. The molecule has 0 aliphatic heterocycles. The highest BCUT2D eigenvalue weighted by Gasteiger charge is 2.26. The van der Waals surface area contributed by atoms with E-state index in [0.717, 1.165) is 6.07 Å². The van der Waals surface area contributed by atoms with Crippen LogP contribution in [0.4, 0.5) is 0 Å². The smallest absolute Gasteiger partial charge is 0.336 e. The summed E-state index contributed by atoms with van der Waals surface area (Å²) in [5.41, 5.74) is -0.258. The van der Waals surface area contributed by atoms with Gasteiger partial charge < -0.3 is 15.3 Å². The van der Waals surface area contributed by atoms with E-state index in [1.54, 1.807) is 0 Å². The fourth-order valence-corrected chi connectivity index (χ4v) is 2.43. The van der Waals surface area contributed by atoms with Crippen LogP contribution < -0.4 is 0 Å². The van der Waals surface area contributed by atoms with Crippen LogP contribution >= 0.6 is 0 Å². The maximum absolute atomic E-state index is 11.6. The van der Waals surface area contributed by atoms with Gasteiger partial charge in [-0.1, -0.05) is 26.7 Å². The van der Waals surface area contributed by atoms with Crippen molar-refractivity contribution in [3.05, 3.63) is 33.9 Å². The standard InChI is InChI=1S/C15H18O6/c1-3-5-8-10(13(16)17)7-11(14(18)19)9(6-4-2)12(8)15(20)21/h7H,3-6H2,1-2H3,(H,16,17)(H,18,19)(H,20,21). The molecule has 0 radical (unpaired) electrons. The second kappa shape index (κ2) is 6.88. The van der Waals surface area contributed by atoms with Crippen LogP contribution in [0.2, 0.25) is 0 Å². The molecular weight excluding hydrogens is 276 g/mol. The lowest BCUT2D eigenvalue weighted by Gasteiger charge is -2.16. The van der Waals surface area contributed by atoms with Crippen molar-refractivity contribution >= 4 is 17.9 Å². The highest BCUT2D eigenvalue weighted by molar-refractivity contribution is 6.03. The number of rotatable bonds is 7. The molecule has 0 spiro atoms. The van der Waals surface area contributed by atoms with Crippen LogP contribution in [-0.2, 0) is 12.8 Å². The maximum Gasteiger partial charge on any atom is 0.336 e. The van der Waals surface area contributed by atoms with E-state index in [0.29, 0.717) is 12.8 Å². The molecule has 3 N–H and O–H groups in total. The highest BCUT2D eigenvalue weighted by Crippen LogP contribution is 2.27. The van der Waals surface area contributed by atoms with Crippen LogP contribution in [0.3, 0.4) is 0 Å². The number of carbonyl (C=O) groups is 3. The lowest BCUT2D eigenvalue weighted by Crippen LogP contribution is -2.18. The van der Waals surface area contributed by atoms with Gasteiger partial charge in [-0.3, -0.25) is 0 Å². The SMILES string of the molecule is CCCc1c(C(=O)O)cc(C(=O)O)c(CCC)c1C(=O)O. The first-order valence-electron chi connectivity index (χ1n) is 6.73. The summed E-state index contributed by atoms with van der Waals surface area (Å²) >= 11 is 0. The average molecular weight is 294 g/mol. The average Bonchev–Trinajstić information content (AvgIpc) is 2.38. The molecule has 1 aromatic rings. The zero-order valence-electron chi connectivity index (χ0n) is 12.0. The van der Waals surface area contributed by atoms with Crippen LogP contribution in [0.5, 0.6) is 0 Å². The predicted molar refractivity (Wildman–Crippen MR) is 75.3 cm³/mol. The number of carboxylic acid groups (broad SMARTS) is 3. The van der Waals surface area contributed by atoms with Crippen molar-refractivity contribution in [1.82, 2.24) is 0 Å². The van der Waals surface area contributed by atoms with Gasteiger partial charge in [0.15, 0.2) is 0 Å². The molecule has 0 unspecified atom stereocenters. The number of hydrogen-bond donors (Lipinski definition) is 3. The van der Waals surface area contributed by atoms with Gasteiger partial charge in [-0.2, -0.15) is 0 Å². The fourth-order valence-electron chi connectivity index (χ4n) is 2.43. The summed E-state index contributed by atoms with van der Waals surface area (Å²) in [6.45, 7) is 3.61.